The molecule has 0 saturated heterocycles. The number of nitrogens with one attached hydrogen (secondary N) is 1. The Kier molecular flexibility index (Phi) is 8.18. The highest BCUT2D eigenvalue weighted by Gasteiger charge is 2.29. The first-order chi connectivity index (χ1) is 20.3. The van der Waals surface area contributed by atoms with Crippen LogP contribution in [0.5, 0.6) is 5.75 Å². The van der Waals surface area contributed by atoms with E-state index in [-0.39, 0.29) is 46.7 Å². The summed E-state index contributed by atoms with van der Waals surface area (Å²) in [6.07, 6.45) is -1.54. The van der Waals surface area contributed by atoms with E-state index in [2.05, 4.69) is 15.4 Å². The van der Waals surface area contributed by atoms with Crippen LogP contribution in [-0.2, 0) is 27.5 Å². The molecule has 0 fully saturated rings. The number of hydrogen-bond acceptors (Lipinski definition) is 7. The van der Waals surface area contributed by atoms with Gasteiger partial charge in [0.25, 0.3) is 0 Å². The van der Waals surface area contributed by atoms with Crippen molar-refractivity contribution in [3.05, 3.63) is 102 Å². The summed E-state index contributed by atoms with van der Waals surface area (Å²) in [4.78, 5) is 16.6. The Morgan fingerprint density at radius 3 is 2.16 bits per heavy atom. The lowest BCUT2D eigenvalue weighted by Crippen LogP contribution is -2.19. The van der Waals surface area contributed by atoms with Crippen molar-refractivity contribution in [2.45, 2.75) is 23.9 Å². The number of anilines is 2. The minimum atomic E-state index is -4.63. The van der Waals surface area contributed by atoms with E-state index in [4.69, 9.17) is 4.74 Å². The van der Waals surface area contributed by atoms with Crippen LogP contribution in [-0.4, -0.2) is 47.8 Å². The molecule has 0 aliphatic carbocycles. The Bertz CT molecular complexity index is 1890. The predicted octanol–water partition coefficient (Wildman–Crippen LogP) is 5.98. The van der Waals surface area contributed by atoms with E-state index in [1.807, 2.05) is 30.3 Å². The first-order valence-corrected chi connectivity index (χ1v) is 14.7. The highest BCUT2D eigenvalue weighted by molar-refractivity contribution is 7.90. The molecule has 43 heavy (non-hydrogen) atoms. The average molecular weight is 613 g/mol. The minimum absolute atomic E-state index is 0.00125. The van der Waals surface area contributed by atoms with Gasteiger partial charge in [-0.3, -0.25) is 4.79 Å². The summed E-state index contributed by atoms with van der Waals surface area (Å²) < 4.78 is 81.7. The zero-order chi connectivity index (χ0) is 30.8. The van der Waals surface area contributed by atoms with Gasteiger partial charge in [0.2, 0.25) is 5.95 Å². The molecule has 0 bridgehead atoms. The highest BCUT2D eigenvalue weighted by Crippen LogP contribution is 2.32. The number of sulfone groups is 1. The first-order valence-electron chi connectivity index (χ1n) is 12.8. The number of hydrogen-bond donors (Lipinski definition) is 1. The smallest absolute Gasteiger partial charge is 0.422 e. The van der Waals surface area contributed by atoms with Crippen LogP contribution >= 0.6 is 0 Å². The molecule has 8 nitrogen and oxygen atoms in total. The van der Waals surface area contributed by atoms with Gasteiger partial charge < -0.3 is 10.1 Å². The van der Waals surface area contributed by atoms with E-state index in [0.29, 0.717) is 5.65 Å². The fourth-order valence-corrected chi connectivity index (χ4v) is 4.91. The Morgan fingerprint density at radius 2 is 1.53 bits per heavy atom. The van der Waals surface area contributed by atoms with Crippen LogP contribution in [0.15, 0.2) is 90.0 Å². The standard InChI is InChI=1S/C30H24F4N4O4S/c1-43(40,41)25-11-12-26(27(16-25)42-18-30(32,33)34)35-29-36-28-13-8-22(17-38(28)37-29)21-6-2-19(3-7-21)14-24(39)15-20-4-9-23(31)10-5-20/h2-13,16-17H,14-15,18H2,1H3,(H,35,37). The monoisotopic (exact) mass is 612 g/mol. The zero-order valence-electron chi connectivity index (χ0n) is 22.6. The highest BCUT2D eigenvalue weighted by atomic mass is 32.2. The van der Waals surface area contributed by atoms with Gasteiger partial charge in [-0.2, -0.15) is 18.2 Å². The van der Waals surface area contributed by atoms with Crippen LogP contribution in [0.4, 0.5) is 29.2 Å². The number of pyridine rings is 1. The number of carbonyl (C=O) groups excluding carboxylic acids is 1. The number of ether oxygens (including phenoxy) is 1. The maximum Gasteiger partial charge on any atom is 0.422 e. The number of aromatic nitrogens is 3. The van der Waals surface area contributed by atoms with E-state index in [0.717, 1.165) is 34.6 Å². The third kappa shape index (κ3) is 7.74. The van der Waals surface area contributed by atoms with Gasteiger partial charge in [-0.15, -0.1) is 5.10 Å². The molecule has 0 amide bonds. The van der Waals surface area contributed by atoms with Crippen LogP contribution < -0.4 is 10.1 Å². The van der Waals surface area contributed by atoms with Gasteiger partial charge in [-0.25, -0.2) is 17.3 Å². The van der Waals surface area contributed by atoms with Crippen molar-refractivity contribution >= 4 is 32.9 Å². The van der Waals surface area contributed by atoms with E-state index < -0.39 is 22.6 Å². The topological polar surface area (TPSA) is 103 Å². The van der Waals surface area contributed by atoms with Crippen LogP contribution in [0.2, 0.25) is 0 Å². The second kappa shape index (κ2) is 11.8. The minimum Gasteiger partial charge on any atom is -0.482 e. The lowest BCUT2D eigenvalue weighted by Gasteiger charge is -2.14. The van der Waals surface area contributed by atoms with Gasteiger partial charge in [-0.1, -0.05) is 36.4 Å². The number of nitrogens with zero attached hydrogens (tertiary/aromatic N) is 3. The third-order valence-corrected chi connectivity index (χ3v) is 7.46. The SMILES string of the molecule is CS(=O)(=O)c1ccc(Nc2nc3ccc(-c4ccc(CC(=O)Cc5ccc(F)cc5)cc4)cn3n2)c(OCC(F)(F)F)c1. The largest absolute Gasteiger partial charge is 0.482 e. The number of carbonyl (C=O) groups is 1. The molecule has 5 rings (SSSR count). The van der Waals surface area contributed by atoms with E-state index in [1.165, 1.54) is 28.8 Å². The van der Waals surface area contributed by atoms with Crippen molar-refractivity contribution in [2.24, 2.45) is 0 Å². The van der Waals surface area contributed by atoms with Gasteiger partial charge in [0.05, 0.1) is 10.6 Å². The Morgan fingerprint density at radius 1 is 0.907 bits per heavy atom. The molecule has 0 aliphatic heterocycles. The number of fused-ring (bicyclic) bond motifs is 1. The Labute approximate surface area is 243 Å². The average Bonchev–Trinajstić information content (AvgIpc) is 3.34. The summed E-state index contributed by atoms with van der Waals surface area (Å²) in [6.45, 7) is -1.61. The lowest BCUT2D eigenvalue weighted by molar-refractivity contribution is -0.153. The summed E-state index contributed by atoms with van der Waals surface area (Å²) in [5.41, 5.74) is 3.71. The Balaban J connectivity index is 1.31. The number of halogens is 4. The van der Waals surface area contributed by atoms with Gasteiger partial charge in [-0.05, 0) is 53.1 Å². The molecule has 1 N–H and O–H groups in total. The maximum atomic E-state index is 13.1. The molecular formula is C30H24F4N4O4S. The van der Waals surface area contributed by atoms with Crippen molar-refractivity contribution in [1.82, 2.24) is 14.6 Å². The molecular weight excluding hydrogens is 588 g/mol. The predicted molar refractivity (Wildman–Crippen MR) is 152 cm³/mol. The fraction of sp³-hybridized carbons (Fsp3) is 0.167. The maximum absolute atomic E-state index is 13.1. The van der Waals surface area contributed by atoms with Crippen molar-refractivity contribution in [3.63, 3.8) is 0 Å². The summed E-state index contributed by atoms with van der Waals surface area (Å²) >= 11 is 0. The normalized spacial score (nSPS) is 11.9. The van der Waals surface area contributed by atoms with Gasteiger partial charge >= 0.3 is 6.18 Å². The number of ketones is 1. The number of rotatable bonds is 10. The molecule has 3 aromatic carbocycles. The van der Waals surface area contributed by atoms with Crippen LogP contribution in [0.3, 0.4) is 0 Å². The first kappa shape index (κ1) is 29.7. The summed E-state index contributed by atoms with van der Waals surface area (Å²) in [5.74, 6) is -0.623. The summed E-state index contributed by atoms with van der Waals surface area (Å²) in [5, 5.41) is 7.15. The summed E-state index contributed by atoms with van der Waals surface area (Å²) in [6, 6.07) is 20.3. The fourth-order valence-electron chi connectivity index (χ4n) is 4.28. The quantitative estimate of drug-likeness (QED) is 0.194. The molecule has 0 atom stereocenters. The van der Waals surface area contributed by atoms with Gasteiger partial charge in [0.15, 0.2) is 22.1 Å². The van der Waals surface area contributed by atoms with Crippen molar-refractivity contribution in [3.8, 4) is 16.9 Å². The van der Waals surface area contributed by atoms with Crippen molar-refractivity contribution in [2.75, 3.05) is 18.2 Å². The van der Waals surface area contributed by atoms with E-state index in [1.54, 1.807) is 24.4 Å². The van der Waals surface area contributed by atoms with Crippen LogP contribution in [0.25, 0.3) is 16.8 Å². The van der Waals surface area contributed by atoms with Gasteiger partial charge in [0.1, 0.15) is 17.3 Å². The van der Waals surface area contributed by atoms with E-state index in [9.17, 15) is 30.8 Å². The molecule has 0 spiro atoms. The number of benzene rings is 3. The molecule has 222 valence electrons. The molecule has 13 heteroatoms. The van der Waals surface area contributed by atoms with Crippen LogP contribution in [0, 0.1) is 5.82 Å². The molecule has 2 aromatic heterocycles. The second-order valence-electron chi connectivity index (χ2n) is 9.83. The molecule has 0 aliphatic rings. The third-order valence-electron chi connectivity index (χ3n) is 6.35. The van der Waals surface area contributed by atoms with Gasteiger partial charge in [0, 0.05) is 36.9 Å². The van der Waals surface area contributed by atoms with Crippen LogP contribution in [0.1, 0.15) is 11.1 Å². The molecule has 0 radical (unpaired) electrons. The molecule has 0 unspecified atom stereocenters. The summed E-state index contributed by atoms with van der Waals surface area (Å²) in [7, 11) is -3.70. The van der Waals surface area contributed by atoms with Crippen molar-refractivity contribution in [1.29, 1.82) is 0 Å². The molecule has 2 heterocycles. The molecule has 5 aromatic rings. The molecule has 0 saturated carbocycles. The zero-order valence-corrected chi connectivity index (χ0v) is 23.4. The van der Waals surface area contributed by atoms with Crippen molar-refractivity contribution < 1.29 is 35.5 Å². The number of Topliss-reactive ketones (excluding diaryl/α,β-unsaturated/α-hetero) is 1. The second-order valence-corrected chi connectivity index (χ2v) is 11.8. The lowest BCUT2D eigenvalue weighted by atomic mass is 10.0. The van der Waals surface area contributed by atoms with E-state index >= 15 is 0 Å². The number of alkyl halides is 3. The Hall–Kier alpha value is -4.78.